The molecule has 2 N–H and O–H groups in total. The molecule has 14 heavy (non-hydrogen) atoms. The molecule has 6 heteroatoms. The average Bonchev–Trinajstić information content (AvgIpc) is 2.45. The summed E-state index contributed by atoms with van der Waals surface area (Å²) >= 11 is 0. The number of nitrogens with zero attached hydrogens (tertiary/aromatic N) is 1. The molecule has 1 aromatic carbocycles. The number of hydrogen-bond donors (Lipinski definition) is 1. The van der Waals surface area contributed by atoms with Crippen LogP contribution in [0.3, 0.4) is 0 Å². The second-order valence-electron chi connectivity index (χ2n) is 2.98. The second kappa shape index (κ2) is 2.71. The monoisotopic (exact) mass is 212 g/mol. The molecule has 0 bridgehead atoms. The van der Waals surface area contributed by atoms with E-state index in [0.29, 0.717) is 16.8 Å². The van der Waals surface area contributed by atoms with E-state index in [-0.39, 0.29) is 5.22 Å². The van der Waals surface area contributed by atoms with Crippen LogP contribution in [0, 0.1) is 0 Å². The summed E-state index contributed by atoms with van der Waals surface area (Å²) in [5, 5.41) is -0.280. The lowest BCUT2D eigenvalue weighted by Crippen LogP contribution is -1.96. The van der Waals surface area contributed by atoms with Gasteiger partial charge in [0.25, 0.3) is 0 Å². The van der Waals surface area contributed by atoms with E-state index in [0.717, 1.165) is 6.26 Å². The second-order valence-corrected chi connectivity index (χ2v) is 4.87. The van der Waals surface area contributed by atoms with Gasteiger partial charge in [-0.2, -0.15) is 4.98 Å². The van der Waals surface area contributed by atoms with Gasteiger partial charge in [0.05, 0.1) is 0 Å². The molecule has 2 aromatic rings. The van der Waals surface area contributed by atoms with Crippen molar-refractivity contribution in [3.63, 3.8) is 0 Å². The molecule has 2 rings (SSSR count). The Balaban J connectivity index is 2.75. The molecule has 0 aliphatic carbocycles. The van der Waals surface area contributed by atoms with Crippen molar-refractivity contribution in [3.05, 3.63) is 18.2 Å². The van der Waals surface area contributed by atoms with Crippen molar-refractivity contribution in [1.29, 1.82) is 0 Å². The lowest BCUT2D eigenvalue weighted by Gasteiger charge is -1.88. The molecule has 0 atom stereocenters. The van der Waals surface area contributed by atoms with Crippen LogP contribution in [-0.4, -0.2) is 19.7 Å². The van der Waals surface area contributed by atoms with Crippen LogP contribution in [0.1, 0.15) is 0 Å². The maximum absolute atomic E-state index is 11.1. The summed E-state index contributed by atoms with van der Waals surface area (Å²) in [6, 6.07) is 4.79. The van der Waals surface area contributed by atoms with Crippen molar-refractivity contribution < 1.29 is 12.8 Å². The van der Waals surface area contributed by atoms with E-state index in [1.54, 1.807) is 12.1 Å². The number of fused-ring (bicyclic) bond motifs is 1. The van der Waals surface area contributed by atoms with Gasteiger partial charge in [-0.15, -0.1) is 0 Å². The number of aromatic nitrogens is 1. The quantitative estimate of drug-likeness (QED) is 0.707. The summed E-state index contributed by atoms with van der Waals surface area (Å²) in [6.07, 6.45) is 1.04. The summed E-state index contributed by atoms with van der Waals surface area (Å²) in [5.41, 5.74) is 6.88. The van der Waals surface area contributed by atoms with E-state index in [1.807, 2.05) is 0 Å². The Morgan fingerprint density at radius 1 is 1.43 bits per heavy atom. The zero-order valence-electron chi connectivity index (χ0n) is 7.39. The maximum Gasteiger partial charge on any atom is 0.315 e. The topological polar surface area (TPSA) is 86.2 Å². The fourth-order valence-corrected chi connectivity index (χ4v) is 1.58. The number of nitrogen functional groups attached to an aromatic ring is 1. The number of oxazole rings is 1. The number of sulfone groups is 1. The molecule has 0 unspecified atom stereocenters. The molecule has 0 fully saturated rings. The van der Waals surface area contributed by atoms with Gasteiger partial charge in [-0.1, -0.05) is 0 Å². The molecule has 0 aliphatic rings. The van der Waals surface area contributed by atoms with Gasteiger partial charge in [0, 0.05) is 18.0 Å². The Hall–Kier alpha value is -1.56. The maximum atomic E-state index is 11.1. The standard InChI is InChI=1S/C8H8N2O3S/c1-14(11,12)8-10-6-3-2-5(9)4-7(6)13-8/h2-4H,9H2,1H3. The number of anilines is 1. The van der Waals surface area contributed by atoms with E-state index in [9.17, 15) is 8.42 Å². The molecular weight excluding hydrogens is 204 g/mol. The fraction of sp³-hybridized carbons (Fsp3) is 0.125. The van der Waals surface area contributed by atoms with Gasteiger partial charge in [-0.25, -0.2) is 8.42 Å². The Bertz CT molecular complexity index is 586. The van der Waals surface area contributed by atoms with Gasteiger partial charge in [-0.05, 0) is 12.1 Å². The number of nitrogens with two attached hydrogens (primary N) is 1. The summed E-state index contributed by atoms with van der Waals surface area (Å²) in [4.78, 5) is 3.81. The third-order valence-electron chi connectivity index (χ3n) is 1.71. The van der Waals surface area contributed by atoms with Crippen molar-refractivity contribution in [2.45, 2.75) is 5.22 Å². The third kappa shape index (κ3) is 1.44. The first kappa shape index (κ1) is 9.01. The zero-order chi connectivity index (χ0) is 10.3. The van der Waals surface area contributed by atoms with Crippen molar-refractivity contribution in [2.24, 2.45) is 0 Å². The summed E-state index contributed by atoms with van der Waals surface area (Å²) < 4.78 is 27.2. The van der Waals surface area contributed by atoms with E-state index >= 15 is 0 Å². The predicted molar refractivity (Wildman–Crippen MR) is 51.5 cm³/mol. The highest BCUT2D eigenvalue weighted by Crippen LogP contribution is 2.20. The highest BCUT2D eigenvalue weighted by molar-refractivity contribution is 7.90. The Labute approximate surface area is 80.5 Å². The summed E-state index contributed by atoms with van der Waals surface area (Å²) in [5.74, 6) is 0. The Morgan fingerprint density at radius 2 is 2.14 bits per heavy atom. The molecule has 0 radical (unpaired) electrons. The largest absolute Gasteiger partial charge is 0.428 e. The third-order valence-corrected chi connectivity index (χ3v) is 2.52. The lowest BCUT2D eigenvalue weighted by molar-refractivity contribution is 0.461. The van der Waals surface area contributed by atoms with Crippen LogP contribution in [-0.2, 0) is 9.84 Å². The molecule has 1 heterocycles. The van der Waals surface area contributed by atoms with Crippen LogP contribution >= 0.6 is 0 Å². The van der Waals surface area contributed by atoms with E-state index in [4.69, 9.17) is 10.2 Å². The van der Waals surface area contributed by atoms with Gasteiger partial charge in [0.2, 0.25) is 9.84 Å². The molecule has 5 nitrogen and oxygen atoms in total. The SMILES string of the molecule is CS(=O)(=O)c1nc2ccc(N)cc2o1. The van der Waals surface area contributed by atoms with Gasteiger partial charge >= 0.3 is 5.22 Å². The fourth-order valence-electron chi connectivity index (χ4n) is 1.08. The Kier molecular flexibility index (Phi) is 1.75. The minimum atomic E-state index is -3.40. The first-order valence-corrected chi connectivity index (χ1v) is 5.72. The van der Waals surface area contributed by atoms with Crippen molar-refractivity contribution in [2.75, 3.05) is 12.0 Å². The van der Waals surface area contributed by atoms with Gasteiger partial charge in [0.15, 0.2) is 5.58 Å². The molecular formula is C8H8N2O3S. The van der Waals surface area contributed by atoms with Gasteiger partial charge in [-0.3, -0.25) is 0 Å². The molecule has 0 amide bonds. The van der Waals surface area contributed by atoms with Crippen molar-refractivity contribution in [3.8, 4) is 0 Å². The van der Waals surface area contributed by atoms with E-state index in [1.165, 1.54) is 6.07 Å². The minimum Gasteiger partial charge on any atom is -0.428 e. The first-order chi connectivity index (χ1) is 6.47. The molecule has 1 aromatic heterocycles. The highest BCUT2D eigenvalue weighted by Gasteiger charge is 2.15. The van der Waals surface area contributed by atoms with Crippen LogP contribution in [0.15, 0.2) is 27.8 Å². The van der Waals surface area contributed by atoms with Crippen LogP contribution in [0.2, 0.25) is 0 Å². The zero-order valence-corrected chi connectivity index (χ0v) is 8.21. The number of benzene rings is 1. The predicted octanol–water partition coefficient (Wildman–Crippen LogP) is 0.814. The average molecular weight is 212 g/mol. The molecule has 0 saturated carbocycles. The smallest absolute Gasteiger partial charge is 0.315 e. The molecule has 0 spiro atoms. The molecule has 74 valence electrons. The van der Waals surface area contributed by atoms with E-state index < -0.39 is 9.84 Å². The molecule has 0 aliphatic heterocycles. The summed E-state index contributed by atoms with van der Waals surface area (Å²) in [7, 11) is -3.40. The minimum absolute atomic E-state index is 0.280. The summed E-state index contributed by atoms with van der Waals surface area (Å²) in [6.45, 7) is 0. The van der Waals surface area contributed by atoms with E-state index in [2.05, 4.69) is 4.98 Å². The van der Waals surface area contributed by atoms with Crippen LogP contribution in [0.25, 0.3) is 11.1 Å². The van der Waals surface area contributed by atoms with Crippen molar-refractivity contribution in [1.82, 2.24) is 4.98 Å². The van der Waals surface area contributed by atoms with Crippen LogP contribution in [0.5, 0.6) is 0 Å². The number of rotatable bonds is 1. The number of hydrogen-bond acceptors (Lipinski definition) is 5. The van der Waals surface area contributed by atoms with Gasteiger partial charge in [0.1, 0.15) is 5.52 Å². The van der Waals surface area contributed by atoms with Gasteiger partial charge < -0.3 is 10.2 Å². The van der Waals surface area contributed by atoms with Crippen LogP contribution in [0.4, 0.5) is 5.69 Å². The Morgan fingerprint density at radius 3 is 2.79 bits per heavy atom. The highest BCUT2D eigenvalue weighted by atomic mass is 32.2. The van der Waals surface area contributed by atoms with Crippen molar-refractivity contribution >= 4 is 26.6 Å². The normalized spacial score (nSPS) is 12.1. The first-order valence-electron chi connectivity index (χ1n) is 3.83. The lowest BCUT2D eigenvalue weighted by atomic mass is 10.3. The van der Waals surface area contributed by atoms with Crippen LogP contribution < -0.4 is 5.73 Å². The molecule has 0 saturated heterocycles.